The van der Waals surface area contributed by atoms with Crippen LogP contribution in [0.5, 0.6) is 0 Å². The van der Waals surface area contributed by atoms with E-state index in [1.54, 1.807) is 6.92 Å². The summed E-state index contributed by atoms with van der Waals surface area (Å²) in [6.07, 6.45) is -0.211. The fourth-order valence-corrected chi connectivity index (χ4v) is 0.118. The van der Waals surface area contributed by atoms with Crippen LogP contribution < -0.4 is 0 Å². The van der Waals surface area contributed by atoms with Crippen LogP contribution in [0.2, 0.25) is 0 Å². The molecule has 0 N–H and O–H groups in total. The first-order chi connectivity index (χ1) is 4.18. The van der Waals surface area contributed by atoms with Gasteiger partial charge in [-0.2, -0.15) is 9.90 Å². The van der Waals surface area contributed by atoms with Crippen LogP contribution in [-0.4, -0.2) is 12.8 Å². The zero-order valence-electron chi connectivity index (χ0n) is 6.14. The Morgan fingerprint density at radius 3 is 1.67 bits per heavy atom. The lowest BCUT2D eigenvalue weighted by Gasteiger charge is -1.84. The molecule has 0 aromatic heterocycles. The van der Waals surface area contributed by atoms with Gasteiger partial charge in [0.15, 0.2) is 0 Å². The molecule has 0 fully saturated rings. The lowest BCUT2D eigenvalue weighted by Crippen LogP contribution is -1.95. The number of carbonyl (C=O) groups is 1. The van der Waals surface area contributed by atoms with Gasteiger partial charge in [-0.3, -0.25) is 0 Å². The van der Waals surface area contributed by atoms with Crippen molar-refractivity contribution < 1.29 is 14.6 Å². The molecule has 9 heavy (non-hydrogen) atoms. The van der Waals surface area contributed by atoms with Crippen LogP contribution in [0, 0.1) is 0 Å². The topological polar surface area (TPSA) is 46.2 Å². The lowest BCUT2D eigenvalue weighted by molar-refractivity contribution is 0.0722. The molecule has 0 aliphatic rings. The fraction of sp³-hybridized carbons (Fsp3) is 0.833. The maximum Gasteiger partial charge on any atom is 0.549 e. The third kappa shape index (κ3) is 39.2. The molecule has 55 valence electrons. The van der Waals surface area contributed by atoms with Crippen LogP contribution in [0.1, 0.15) is 27.2 Å². The summed E-state index contributed by atoms with van der Waals surface area (Å²) in [6, 6.07) is 0. The molecule has 0 amide bonds. The van der Waals surface area contributed by atoms with Gasteiger partial charge in [-0.1, -0.05) is 20.3 Å². The Bertz CT molecular complexity index is 61.3. The molecule has 0 aliphatic carbocycles. The molecule has 0 saturated heterocycles. The van der Waals surface area contributed by atoms with Gasteiger partial charge in [-0.25, -0.2) is 0 Å². The number of rotatable bonds is 1. The second-order valence-corrected chi connectivity index (χ2v) is 1.39. The van der Waals surface area contributed by atoms with Crippen molar-refractivity contribution in [1.82, 2.24) is 0 Å². The van der Waals surface area contributed by atoms with Crippen molar-refractivity contribution in [3.63, 3.8) is 0 Å². The summed E-state index contributed by atoms with van der Waals surface area (Å²) in [6.45, 7) is 6.00. The Morgan fingerprint density at radius 1 is 1.33 bits per heavy atom. The number of ether oxygens (including phenoxy) is 1. The van der Waals surface area contributed by atoms with Crippen LogP contribution in [0.3, 0.4) is 0 Å². The molecule has 0 spiro atoms. The molecular weight excluding hydrogens is 120 g/mol. The van der Waals surface area contributed by atoms with E-state index in [0.29, 0.717) is 0 Å². The van der Waals surface area contributed by atoms with E-state index in [4.69, 9.17) is 0 Å². The number of hydrogen-bond acceptors (Lipinski definition) is 2. The molecule has 0 heterocycles. The van der Waals surface area contributed by atoms with E-state index in [2.05, 4.69) is 18.6 Å². The third-order valence-corrected chi connectivity index (χ3v) is 0.262. The van der Waals surface area contributed by atoms with Crippen molar-refractivity contribution in [2.45, 2.75) is 27.2 Å². The molecule has 3 nitrogen and oxygen atoms in total. The predicted molar refractivity (Wildman–Crippen MR) is 33.7 cm³/mol. The summed E-state index contributed by atoms with van der Waals surface area (Å²) in [7, 11) is 0. The normalized spacial score (nSPS) is 7.00. The Hall–Kier alpha value is -0.730. The molecule has 0 atom stereocenters. The first-order valence-corrected chi connectivity index (χ1v) is 3.02. The van der Waals surface area contributed by atoms with Crippen LogP contribution in [0.4, 0.5) is 4.79 Å². The van der Waals surface area contributed by atoms with Gasteiger partial charge < -0.3 is 4.74 Å². The Labute approximate surface area is 55.6 Å². The molecule has 0 rings (SSSR count). The van der Waals surface area contributed by atoms with E-state index >= 15 is 0 Å². The molecule has 0 aromatic rings. The third-order valence-electron chi connectivity index (χ3n) is 0.262. The molecule has 0 saturated carbocycles. The number of hydrogen-bond donors (Lipinski definition) is 0. The van der Waals surface area contributed by atoms with Gasteiger partial charge in [0.1, 0.15) is 0 Å². The largest absolute Gasteiger partial charge is 0.549 e. The van der Waals surface area contributed by atoms with Crippen LogP contribution in [0.25, 0.3) is 0 Å². The molecule has 1 radical (unpaired) electrons. The van der Waals surface area contributed by atoms with Gasteiger partial charge in [0.05, 0.1) is 6.61 Å². The molecular formula is C6H13O3. The molecule has 0 aliphatic heterocycles. The molecule has 0 aromatic carbocycles. The highest BCUT2D eigenvalue weighted by Crippen LogP contribution is 1.70. The standard InChI is InChI=1S/C3H5O3.C3H8/c1-2-6-3(4)5;1-3-2/h2H2,1H3;3H2,1-2H3. The maximum atomic E-state index is 9.27. The first-order valence-electron chi connectivity index (χ1n) is 3.02. The van der Waals surface area contributed by atoms with Crippen molar-refractivity contribution in [3.05, 3.63) is 0 Å². The van der Waals surface area contributed by atoms with Gasteiger partial charge >= 0.3 is 6.16 Å². The van der Waals surface area contributed by atoms with Crippen molar-refractivity contribution in [3.8, 4) is 0 Å². The van der Waals surface area contributed by atoms with Crippen molar-refractivity contribution in [1.29, 1.82) is 0 Å². The van der Waals surface area contributed by atoms with Gasteiger partial charge in [0.25, 0.3) is 0 Å². The van der Waals surface area contributed by atoms with Crippen LogP contribution in [0.15, 0.2) is 0 Å². The second-order valence-electron chi connectivity index (χ2n) is 1.39. The van der Waals surface area contributed by atoms with E-state index < -0.39 is 6.16 Å². The average molecular weight is 133 g/mol. The minimum atomic E-state index is -1.46. The quantitative estimate of drug-likeness (QED) is 0.513. The maximum absolute atomic E-state index is 9.27. The molecule has 0 unspecified atom stereocenters. The highest BCUT2D eigenvalue weighted by atomic mass is 16.7. The molecule has 0 bridgehead atoms. The van der Waals surface area contributed by atoms with Crippen LogP contribution >= 0.6 is 0 Å². The van der Waals surface area contributed by atoms with E-state index in [9.17, 15) is 9.90 Å². The van der Waals surface area contributed by atoms with E-state index in [1.807, 2.05) is 0 Å². The highest BCUT2D eigenvalue weighted by Gasteiger charge is 1.91. The summed E-state index contributed by atoms with van der Waals surface area (Å²) in [4.78, 5) is 9.27. The summed E-state index contributed by atoms with van der Waals surface area (Å²) in [5, 5.41) is 9.27. The minimum absolute atomic E-state index is 0.169. The van der Waals surface area contributed by atoms with Gasteiger partial charge in [-0.05, 0) is 6.92 Å². The predicted octanol–water partition coefficient (Wildman–Crippen LogP) is 1.99. The fourth-order valence-electron chi connectivity index (χ4n) is 0.118. The van der Waals surface area contributed by atoms with Crippen molar-refractivity contribution >= 4 is 6.16 Å². The number of carbonyl (C=O) groups excluding carboxylic acids is 1. The summed E-state index contributed by atoms with van der Waals surface area (Å²) < 4.78 is 3.85. The van der Waals surface area contributed by atoms with Crippen molar-refractivity contribution in [2.24, 2.45) is 0 Å². The van der Waals surface area contributed by atoms with E-state index in [1.165, 1.54) is 6.42 Å². The first kappa shape index (κ1) is 11.1. The van der Waals surface area contributed by atoms with Crippen LogP contribution in [-0.2, 0) is 9.84 Å². The monoisotopic (exact) mass is 133 g/mol. The van der Waals surface area contributed by atoms with Gasteiger partial charge in [-0.15, -0.1) is 0 Å². The van der Waals surface area contributed by atoms with E-state index in [0.717, 1.165) is 0 Å². The SMILES string of the molecule is CCC.CCOC([O])=O. The zero-order valence-corrected chi connectivity index (χ0v) is 6.14. The minimum Gasteiger partial charge on any atom is -0.432 e. The van der Waals surface area contributed by atoms with Gasteiger partial charge in [0.2, 0.25) is 0 Å². The Kier molecular flexibility index (Phi) is 12.7. The Morgan fingerprint density at radius 2 is 1.67 bits per heavy atom. The highest BCUT2D eigenvalue weighted by molar-refractivity contribution is 5.56. The molecule has 3 heteroatoms. The second kappa shape index (κ2) is 10.3. The summed E-state index contributed by atoms with van der Waals surface area (Å²) >= 11 is 0. The average Bonchev–Trinajstić information content (AvgIpc) is 1.67. The zero-order chi connectivity index (χ0) is 7.70. The lowest BCUT2D eigenvalue weighted by atomic mass is 10.6. The van der Waals surface area contributed by atoms with Gasteiger partial charge in [0, 0.05) is 0 Å². The smallest absolute Gasteiger partial charge is 0.432 e. The van der Waals surface area contributed by atoms with Crippen molar-refractivity contribution in [2.75, 3.05) is 6.61 Å². The summed E-state index contributed by atoms with van der Waals surface area (Å²) in [5.74, 6) is 0. The Balaban J connectivity index is 0. The van der Waals surface area contributed by atoms with E-state index in [-0.39, 0.29) is 6.61 Å². The summed E-state index contributed by atoms with van der Waals surface area (Å²) in [5.41, 5.74) is 0.